The number of hydrogen-bond donors (Lipinski definition) is 0. The van der Waals surface area contributed by atoms with E-state index in [0.29, 0.717) is 12.5 Å². The second kappa shape index (κ2) is 4.04. The van der Waals surface area contributed by atoms with Crippen LogP contribution < -0.4 is 0 Å². The van der Waals surface area contributed by atoms with Gasteiger partial charge in [0.15, 0.2) is 5.65 Å². The molecule has 0 aromatic carbocycles. The summed E-state index contributed by atoms with van der Waals surface area (Å²) in [5, 5.41) is 4.56. The third kappa shape index (κ3) is 1.46. The van der Waals surface area contributed by atoms with Crippen molar-refractivity contribution in [1.29, 1.82) is 0 Å². The lowest BCUT2D eigenvalue weighted by atomic mass is 9.99. The third-order valence-electron chi connectivity index (χ3n) is 4.62. The molecule has 5 nitrogen and oxygen atoms in total. The van der Waals surface area contributed by atoms with E-state index in [4.69, 9.17) is 0 Å². The highest BCUT2D eigenvalue weighted by molar-refractivity contribution is 5.77. The van der Waals surface area contributed by atoms with Gasteiger partial charge in [-0.2, -0.15) is 5.10 Å². The predicted octanol–water partition coefficient (Wildman–Crippen LogP) is 2.04. The molecular weight excluding hydrogens is 252 g/mol. The van der Waals surface area contributed by atoms with Crippen LogP contribution in [0.2, 0.25) is 0 Å². The van der Waals surface area contributed by atoms with Crippen molar-refractivity contribution >= 4 is 11.6 Å². The fourth-order valence-corrected chi connectivity index (χ4v) is 3.76. The Hall–Kier alpha value is -1.91. The van der Waals surface area contributed by atoms with Gasteiger partial charge >= 0.3 is 0 Å². The standard InChI is InChI=1S/C15H18N4O/c1-3-15(20)18-10-4-5-12(18)11-8-16-14-6-9(2)17-19(14)13(11)7-10/h6,8,10,12H,3-5,7H2,1-2H3/t10-,12-/m1/s1. The monoisotopic (exact) mass is 270 g/mol. The molecule has 2 aromatic rings. The Morgan fingerprint density at radius 2 is 2.30 bits per heavy atom. The minimum absolute atomic E-state index is 0.206. The molecule has 0 unspecified atom stereocenters. The van der Waals surface area contributed by atoms with Crippen molar-refractivity contribution in [2.45, 2.75) is 51.6 Å². The zero-order valence-corrected chi connectivity index (χ0v) is 11.8. The normalized spacial score (nSPS) is 24.2. The molecular formula is C15H18N4O. The fourth-order valence-electron chi connectivity index (χ4n) is 3.76. The van der Waals surface area contributed by atoms with Crippen LogP contribution in [0.5, 0.6) is 0 Å². The number of aromatic nitrogens is 3. The van der Waals surface area contributed by atoms with E-state index < -0.39 is 0 Å². The molecule has 2 bridgehead atoms. The van der Waals surface area contributed by atoms with Crippen molar-refractivity contribution < 1.29 is 4.79 Å². The van der Waals surface area contributed by atoms with E-state index in [1.165, 1.54) is 11.3 Å². The first-order valence-corrected chi connectivity index (χ1v) is 7.34. The molecule has 5 heteroatoms. The van der Waals surface area contributed by atoms with Crippen molar-refractivity contribution in [3.8, 4) is 0 Å². The number of carbonyl (C=O) groups excluding carboxylic acids is 1. The second-order valence-electron chi connectivity index (χ2n) is 5.82. The van der Waals surface area contributed by atoms with Crippen molar-refractivity contribution in [1.82, 2.24) is 19.5 Å². The van der Waals surface area contributed by atoms with Crippen LogP contribution in [0.1, 0.15) is 49.2 Å². The largest absolute Gasteiger partial charge is 0.332 e. The highest BCUT2D eigenvalue weighted by Gasteiger charge is 2.43. The van der Waals surface area contributed by atoms with Crippen LogP contribution in [0.15, 0.2) is 12.3 Å². The van der Waals surface area contributed by atoms with Crippen LogP contribution >= 0.6 is 0 Å². The van der Waals surface area contributed by atoms with Gasteiger partial charge in [-0.1, -0.05) is 6.92 Å². The summed E-state index contributed by atoms with van der Waals surface area (Å²) < 4.78 is 1.98. The summed E-state index contributed by atoms with van der Waals surface area (Å²) in [5.41, 5.74) is 4.34. The van der Waals surface area contributed by atoms with Gasteiger partial charge in [0.25, 0.3) is 0 Å². The first kappa shape index (κ1) is 11.9. The lowest BCUT2D eigenvalue weighted by Gasteiger charge is -2.36. The Balaban J connectivity index is 1.88. The van der Waals surface area contributed by atoms with E-state index in [9.17, 15) is 4.79 Å². The summed E-state index contributed by atoms with van der Waals surface area (Å²) in [6.45, 7) is 3.93. The summed E-state index contributed by atoms with van der Waals surface area (Å²) >= 11 is 0. The van der Waals surface area contributed by atoms with Crippen molar-refractivity contribution in [3.63, 3.8) is 0 Å². The molecule has 20 heavy (non-hydrogen) atoms. The van der Waals surface area contributed by atoms with E-state index >= 15 is 0 Å². The van der Waals surface area contributed by atoms with Crippen molar-refractivity contribution in [2.24, 2.45) is 0 Å². The Labute approximate surface area is 117 Å². The molecule has 0 saturated carbocycles. The molecule has 4 rings (SSSR count). The maximum atomic E-state index is 12.2. The Morgan fingerprint density at radius 3 is 3.10 bits per heavy atom. The number of nitrogens with zero attached hydrogens (tertiary/aromatic N) is 4. The lowest BCUT2D eigenvalue weighted by Crippen LogP contribution is -2.42. The fraction of sp³-hybridized carbons (Fsp3) is 0.533. The van der Waals surface area contributed by atoms with Gasteiger partial charge in [0.05, 0.1) is 17.4 Å². The van der Waals surface area contributed by atoms with E-state index in [-0.39, 0.29) is 11.9 Å². The Kier molecular flexibility index (Phi) is 2.40. The van der Waals surface area contributed by atoms with E-state index in [1.807, 2.05) is 30.6 Å². The average Bonchev–Trinajstić information content (AvgIpc) is 2.97. The topological polar surface area (TPSA) is 50.5 Å². The first-order chi connectivity index (χ1) is 9.69. The molecule has 2 aliphatic heterocycles. The number of rotatable bonds is 1. The summed E-state index contributed by atoms with van der Waals surface area (Å²) in [6, 6.07) is 2.55. The number of amides is 1. The summed E-state index contributed by atoms with van der Waals surface area (Å²) in [4.78, 5) is 18.8. The third-order valence-corrected chi connectivity index (χ3v) is 4.62. The molecule has 0 spiro atoms. The molecule has 0 radical (unpaired) electrons. The second-order valence-corrected chi connectivity index (χ2v) is 5.82. The van der Waals surface area contributed by atoms with Gasteiger partial charge in [-0.05, 0) is 19.8 Å². The van der Waals surface area contributed by atoms with Crippen LogP contribution in [0.4, 0.5) is 0 Å². The maximum absolute atomic E-state index is 12.2. The Morgan fingerprint density at radius 1 is 1.45 bits per heavy atom. The smallest absolute Gasteiger partial charge is 0.223 e. The maximum Gasteiger partial charge on any atom is 0.223 e. The van der Waals surface area contributed by atoms with Crippen LogP contribution in [0.3, 0.4) is 0 Å². The predicted molar refractivity (Wildman–Crippen MR) is 74.3 cm³/mol. The number of aryl methyl sites for hydroxylation is 1. The minimum Gasteiger partial charge on any atom is -0.332 e. The molecule has 4 heterocycles. The molecule has 1 saturated heterocycles. The molecule has 104 valence electrons. The van der Waals surface area contributed by atoms with Crippen LogP contribution in [-0.2, 0) is 11.2 Å². The zero-order chi connectivity index (χ0) is 13.9. The van der Waals surface area contributed by atoms with Gasteiger partial charge in [-0.15, -0.1) is 0 Å². The molecule has 1 amide bonds. The van der Waals surface area contributed by atoms with Crippen LogP contribution in [-0.4, -0.2) is 31.4 Å². The highest BCUT2D eigenvalue weighted by Crippen LogP contribution is 2.43. The number of hydrogen-bond acceptors (Lipinski definition) is 3. The van der Waals surface area contributed by atoms with Gasteiger partial charge in [-0.25, -0.2) is 9.50 Å². The summed E-state index contributed by atoms with van der Waals surface area (Å²) in [7, 11) is 0. The molecule has 0 N–H and O–H groups in total. The van der Waals surface area contributed by atoms with E-state index in [2.05, 4.69) is 15.0 Å². The summed E-state index contributed by atoms with van der Waals surface area (Å²) in [6.07, 6.45) is 5.58. The van der Waals surface area contributed by atoms with Crippen molar-refractivity contribution in [3.05, 3.63) is 29.2 Å². The SMILES string of the molecule is CCC(=O)N1[C@@H]2CC[C@@H]1c1cnc3cc(C)nn3c1C2. The molecule has 0 aliphatic carbocycles. The lowest BCUT2D eigenvalue weighted by molar-refractivity contribution is -0.134. The van der Waals surface area contributed by atoms with Gasteiger partial charge < -0.3 is 4.90 Å². The summed E-state index contributed by atoms with van der Waals surface area (Å²) in [5.74, 6) is 0.264. The van der Waals surface area contributed by atoms with E-state index in [1.54, 1.807) is 0 Å². The molecule has 2 aromatic heterocycles. The highest BCUT2D eigenvalue weighted by atomic mass is 16.2. The quantitative estimate of drug-likeness (QED) is 0.796. The van der Waals surface area contributed by atoms with Gasteiger partial charge in [0, 0.05) is 36.7 Å². The number of carbonyl (C=O) groups is 1. The van der Waals surface area contributed by atoms with Crippen molar-refractivity contribution in [2.75, 3.05) is 0 Å². The van der Waals surface area contributed by atoms with Crippen LogP contribution in [0.25, 0.3) is 5.65 Å². The van der Waals surface area contributed by atoms with E-state index in [0.717, 1.165) is 30.6 Å². The molecule has 2 aliphatic rings. The molecule has 2 atom stereocenters. The number of fused-ring (bicyclic) bond motifs is 6. The molecule has 1 fully saturated rings. The zero-order valence-electron chi connectivity index (χ0n) is 11.8. The van der Waals surface area contributed by atoms with Gasteiger partial charge in [0.1, 0.15) is 0 Å². The van der Waals surface area contributed by atoms with Gasteiger partial charge in [-0.3, -0.25) is 4.79 Å². The average molecular weight is 270 g/mol. The first-order valence-electron chi connectivity index (χ1n) is 7.34. The van der Waals surface area contributed by atoms with Gasteiger partial charge in [0.2, 0.25) is 5.91 Å². The van der Waals surface area contributed by atoms with Crippen LogP contribution in [0, 0.1) is 6.92 Å². The minimum atomic E-state index is 0.206. The Bertz CT molecular complexity index is 705.